The first-order valence-electron chi connectivity index (χ1n) is 11.0. The van der Waals surface area contributed by atoms with Crippen molar-refractivity contribution in [3.05, 3.63) is 53.4 Å². The lowest BCUT2D eigenvalue weighted by Gasteiger charge is -2.29. The number of ether oxygens (including phenoxy) is 2. The number of piperidine rings is 1. The lowest BCUT2D eigenvalue weighted by Crippen LogP contribution is -2.37. The summed E-state index contributed by atoms with van der Waals surface area (Å²) < 4.78 is 38.3. The molecule has 0 amide bonds. The van der Waals surface area contributed by atoms with Gasteiger partial charge in [0.15, 0.2) is 11.5 Å². The van der Waals surface area contributed by atoms with E-state index in [2.05, 4.69) is 22.4 Å². The first-order chi connectivity index (χ1) is 16.4. The molecule has 2 aromatic carbocycles. The number of benzene rings is 2. The van der Waals surface area contributed by atoms with Crippen molar-refractivity contribution < 1.29 is 17.9 Å². The Labute approximate surface area is 204 Å². The number of rotatable bonds is 8. The highest BCUT2D eigenvalue weighted by molar-refractivity contribution is 7.89. The van der Waals surface area contributed by atoms with Crippen LogP contribution in [0.2, 0.25) is 0 Å². The van der Waals surface area contributed by atoms with Crippen molar-refractivity contribution in [1.82, 2.24) is 9.29 Å². The van der Waals surface area contributed by atoms with Crippen molar-refractivity contribution in [3.8, 4) is 22.8 Å². The fourth-order valence-electron chi connectivity index (χ4n) is 3.74. The smallest absolute Gasteiger partial charge is 0.243 e. The second kappa shape index (κ2) is 10.5. The molecule has 34 heavy (non-hydrogen) atoms. The van der Waals surface area contributed by atoms with Crippen molar-refractivity contribution in [2.24, 2.45) is 11.0 Å². The summed E-state index contributed by atoms with van der Waals surface area (Å²) in [5.74, 6) is 1.83. The summed E-state index contributed by atoms with van der Waals surface area (Å²) in [5.41, 5.74) is 5.21. The summed E-state index contributed by atoms with van der Waals surface area (Å²) >= 11 is 1.39. The Hall–Kier alpha value is -2.95. The Kier molecular flexibility index (Phi) is 7.50. The van der Waals surface area contributed by atoms with E-state index in [0.717, 1.165) is 24.0 Å². The minimum atomic E-state index is -3.51. The first-order valence-corrected chi connectivity index (χ1v) is 13.3. The molecule has 1 aliphatic rings. The van der Waals surface area contributed by atoms with Crippen molar-refractivity contribution in [2.45, 2.75) is 24.7 Å². The molecule has 2 heterocycles. The minimum Gasteiger partial charge on any atom is -0.493 e. The third kappa shape index (κ3) is 5.40. The molecule has 0 bridgehead atoms. The van der Waals surface area contributed by atoms with E-state index in [-0.39, 0.29) is 0 Å². The van der Waals surface area contributed by atoms with E-state index < -0.39 is 10.0 Å². The third-order valence-corrected chi connectivity index (χ3v) is 8.44. The molecule has 0 aliphatic carbocycles. The van der Waals surface area contributed by atoms with Gasteiger partial charge in [0.1, 0.15) is 0 Å². The van der Waals surface area contributed by atoms with Gasteiger partial charge >= 0.3 is 0 Å². The Morgan fingerprint density at radius 1 is 1.12 bits per heavy atom. The van der Waals surface area contributed by atoms with Crippen molar-refractivity contribution in [3.63, 3.8) is 0 Å². The molecule has 4 rings (SSSR count). The Balaban J connectivity index is 1.46. The molecular weight excluding hydrogens is 472 g/mol. The van der Waals surface area contributed by atoms with E-state index in [1.54, 1.807) is 42.9 Å². The van der Waals surface area contributed by atoms with Gasteiger partial charge in [0.05, 0.1) is 31.0 Å². The number of hydrogen-bond acceptors (Lipinski definition) is 8. The summed E-state index contributed by atoms with van der Waals surface area (Å²) in [4.78, 5) is 4.86. The molecule has 1 aromatic heterocycles. The molecule has 1 saturated heterocycles. The molecule has 0 saturated carbocycles. The van der Waals surface area contributed by atoms with Crippen LogP contribution in [0.1, 0.15) is 25.3 Å². The summed E-state index contributed by atoms with van der Waals surface area (Å²) in [6.45, 7) is 3.30. The maximum Gasteiger partial charge on any atom is 0.243 e. The van der Waals surface area contributed by atoms with Crippen LogP contribution in [-0.4, -0.2) is 51.2 Å². The van der Waals surface area contributed by atoms with Crippen molar-refractivity contribution >= 4 is 32.7 Å². The number of methoxy groups -OCH3 is 2. The topological polar surface area (TPSA) is 93.1 Å². The van der Waals surface area contributed by atoms with E-state index >= 15 is 0 Å². The predicted molar refractivity (Wildman–Crippen MR) is 135 cm³/mol. The van der Waals surface area contributed by atoms with Crippen LogP contribution in [-0.2, 0) is 10.0 Å². The second-order valence-corrected chi connectivity index (χ2v) is 10.9. The van der Waals surface area contributed by atoms with Gasteiger partial charge in [-0.25, -0.2) is 13.4 Å². The van der Waals surface area contributed by atoms with Gasteiger partial charge in [-0.15, -0.1) is 11.3 Å². The van der Waals surface area contributed by atoms with Crippen LogP contribution >= 0.6 is 11.3 Å². The zero-order chi connectivity index (χ0) is 24.1. The van der Waals surface area contributed by atoms with Crippen LogP contribution in [0.4, 0.5) is 5.13 Å². The highest BCUT2D eigenvalue weighted by Crippen LogP contribution is 2.30. The third-order valence-electron chi connectivity index (χ3n) is 5.80. The molecular formula is C24H28N4O4S2. The molecule has 0 radical (unpaired) electrons. The maximum atomic E-state index is 13.1. The minimum absolute atomic E-state index is 0.300. The standard InChI is InChI=1S/C24H28N4O4S2/c1-17-9-11-28(12-10-17)34(29,30)20-6-4-5-19(14-20)21-16-33-24(26-21)27-25-15-18-7-8-22(31-2)23(13-18)32-3/h4-8,13-17H,9-12H2,1-3H3,(H,26,27). The zero-order valence-corrected chi connectivity index (χ0v) is 21.0. The zero-order valence-electron chi connectivity index (χ0n) is 19.4. The van der Waals surface area contributed by atoms with Gasteiger partial charge in [-0.05, 0) is 54.7 Å². The Bertz CT molecular complexity index is 1270. The molecule has 8 nitrogen and oxygen atoms in total. The molecule has 1 fully saturated rings. The van der Waals surface area contributed by atoms with Gasteiger partial charge in [-0.2, -0.15) is 9.41 Å². The van der Waals surface area contributed by atoms with E-state index in [0.29, 0.717) is 46.2 Å². The van der Waals surface area contributed by atoms with Crippen LogP contribution in [0, 0.1) is 5.92 Å². The first kappa shape index (κ1) is 24.2. The molecule has 0 atom stereocenters. The summed E-state index contributed by atoms with van der Waals surface area (Å²) in [6.07, 6.45) is 3.45. The second-order valence-electron chi connectivity index (χ2n) is 8.14. The average Bonchev–Trinajstić information content (AvgIpc) is 3.33. The fraction of sp³-hybridized carbons (Fsp3) is 0.333. The maximum absolute atomic E-state index is 13.1. The molecule has 0 unspecified atom stereocenters. The number of nitrogens with one attached hydrogen (secondary N) is 1. The average molecular weight is 501 g/mol. The highest BCUT2D eigenvalue weighted by Gasteiger charge is 2.28. The predicted octanol–water partition coefficient (Wildman–Crippen LogP) is 4.69. The van der Waals surface area contributed by atoms with Crippen LogP contribution < -0.4 is 14.9 Å². The summed E-state index contributed by atoms with van der Waals surface area (Å²) in [7, 11) is -0.340. The van der Waals surface area contributed by atoms with Crippen molar-refractivity contribution in [2.75, 3.05) is 32.7 Å². The van der Waals surface area contributed by atoms with Crippen LogP contribution in [0.15, 0.2) is 57.8 Å². The van der Waals surface area contributed by atoms with Crippen LogP contribution in [0.3, 0.4) is 0 Å². The fourth-order valence-corrected chi connectivity index (χ4v) is 5.93. The summed E-state index contributed by atoms with van der Waals surface area (Å²) in [5, 5.41) is 6.73. The Morgan fingerprint density at radius 3 is 2.62 bits per heavy atom. The summed E-state index contributed by atoms with van der Waals surface area (Å²) in [6, 6.07) is 12.5. The van der Waals surface area contributed by atoms with Gasteiger partial charge in [0.2, 0.25) is 15.2 Å². The number of aromatic nitrogens is 1. The molecule has 1 aliphatic heterocycles. The lowest BCUT2D eigenvalue weighted by molar-refractivity contribution is 0.288. The van der Waals surface area contributed by atoms with E-state index in [4.69, 9.17) is 9.47 Å². The number of nitrogens with zero attached hydrogens (tertiary/aromatic N) is 3. The van der Waals surface area contributed by atoms with Gasteiger partial charge in [-0.1, -0.05) is 19.1 Å². The van der Waals surface area contributed by atoms with Crippen molar-refractivity contribution in [1.29, 1.82) is 0 Å². The Morgan fingerprint density at radius 2 is 1.88 bits per heavy atom. The van der Waals surface area contributed by atoms with E-state index in [1.165, 1.54) is 11.3 Å². The molecule has 10 heteroatoms. The molecule has 1 N–H and O–H groups in total. The van der Waals surface area contributed by atoms with E-state index in [9.17, 15) is 8.42 Å². The number of hydrogen-bond donors (Lipinski definition) is 1. The van der Waals surface area contributed by atoms with E-state index in [1.807, 2.05) is 29.6 Å². The normalized spacial score (nSPS) is 15.5. The number of sulfonamides is 1. The highest BCUT2D eigenvalue weighted by atomic mass is 32.2. The monoisotopic (exact) mass is 500 g/mol. The molecule has 0 spiro atoms. The number of anilines is 1. The quantitative estimate of drug-likeness (QED) is 0.356. The van der Waals surface area contributed by atoms with Gasteiger partial charge in [0.25, 0.3) is 0 Å². The van der Waals surface area contributed by atoms with Gasteiger partial charge in [0, 0.05) is 24.0 Å². The van der Waals surface area contributed by atoms with Crippen LogP contribution in [0.25, 0.3) is 11.3 Å². The largest absolute Gasteiger partial charge is 0.493 e. The molecule has 3 aromatic rings. The number of hydrazone groups is 1. The SMILES string of the molecule is COc1ccc(C=NNc2nc(-c3cccc(S(=O)(=O)N4CCC(C)CC4)c3)cs2)cc1OC. The lowest BCUT2D eigenvalue weighted by atomic mass is 10.0. The number of thiazole rings is 1. The van der Waals surface area contributed by atoms with Gasteiger partial charge in [-0.3, -0.25) is 5.43 Å². The molecule has 180 valence electrons. The van der Waals surface area contributed by atoms with Gasteiger partial charge < -0.3 is 9.47 Å². The van der Waals surface area contributed by atoms with Crippen LogP contribution in [0.5, 0.6) is 11.5 Å².